The van der Waals surface area contributed by atoms with E-state index in [-0.39, 0.29) is 23.4 Å². The first-order chi connectivity index (χ1) is 22.3. The third-order valence-corrected chi connectivity index (χ3v) is 8.35. The Balaban J connectivity index is 1.54. The molecule has 12 heteroatoms. The summed E-state index contributed by atoms with van der Waals surface area (Å²) in [6.45, 7) is 1.86. The van der Waals surface area contributed by atoms with Crippen LogP contribution < -0.4 is 24.4 Å². The average Bonchev–Trinajstić information content (AvgIpc) is 3.67. The molecule has 0 spiro atoms. The number of hydrogen-bond acceptors (Lipinski definition) is 10. The molecule has 232 valence electrons. The van der Waals surface area contributed by atoms with Gasteiger partial charge in [-0.3, -0.25) is 19.5 Å². The van der Waals surface area contributed by atoms with Crippen LogP contribution in [0.1, 0.15) is 29.9 Å². The number of thiazole rings is 1. The van der Waals surface area contributed by atoms with Crippen molar-refractivity contribution in [3.8, 4) is 22.8 Å². The standard InChI is InChI=1S/C34H27N3O8S/c1-4-44-33(39)29-30(20-8-6-5-7-9-20)35-34-36(31(29)21-10-13-23(42-2)14-11-21)32(38)28(46-34)19-24-15-17-27(45-24)25-18-22(37(40)41)12-16-26(25)43-3/h5-19,31H,4H2,1-3H3/b28-19-/t31-/m0/s1. The van der Waals surface area contributed by atoms with Gasteiger partial charge in [-0.15, -0.1) is 0 Å². The zero-order chi connectivity index (χ0) is 32.4. The average molecular weight is 638 g/mol. The summed E-state index contributed by atoms with van der Waals surface area (Å²) in [6.07, 6.45) is 1.58. The van der Waals surface area contributed by atoms with Crippen molar-refractivity contribution in [2.45, 2.75) is 13.0 Å². The van der Waals surface area contributed by atoms with Gasteiger partial charge in [-0.2, -0.15) is 0 Å². The Kier molecular flexibility index (Phi) is 8.36. The van der Waals surface area contributed by atoms with E-state index in [1.165, 1.54) is 29.9 Å². The molecule has 5 aromatic rings. The summed E-state index contributed by atoms with van der Waals surface area (Å²) in [7, 11) is 3.02. The van der Waals surface area contributed by atoms with E-state index in [1.807, 2.05) is 30.3 Å². The van der Waals surface area contributed by atoms with E-state index in [0.717, 1.165) is 11.3 Å². The predicted octanol–water partition coefficient (Wildman–Crippen LogP) is 5.12. The minimum absolute atomic E-state index is 0.118. The summed E-state index contributed by atoms with van der Waals surface area (Å²) >= 11 is 1.15. The van der Waals surface area contributed by atoms with Crippen molar-refractivity contribution in [1.82, 2.24) is 4.57 Å². The van der Waals surface area contributed by atoms with Crippen LogP contribution in [0.15, 0.2) is 105 Å². The van der Waals surface area contributed by atoms with E-state index in [1.54, 1.807) is 56.5 Å². The van der Waals surface area contributed by atoms with Crippen LogP contribution in [0.4, 0.5) is 5.69 Å². The number of esters is 1. The van der Waals surface area contributed by atoms with Gasteiger partial charge in [0.15, 0.2) is 4.80 Å². The molecular formula is C34H27N3O8S. The number of aromatic nitrogens is 1. The number of fused-ring (bicyclic) bond motifs is 1. The van der Waals surface area contributed by atoms with Crippen LogP contribution in [0.25, 0.3) is 23.1 Å². The van der Waals surface area contributed by atoms with E-state index in [2.05, 4.69) is 0 Å². The Hall–Kier alpha value is -5.75. The van der Waals surface area contributed by atoms with Gasteiger partial charge in [0, 0.05) is 23.8 Å². The number of benzene rings is 3. The number of methoxy groups -OCH3 is 2. The van der Waals surface area contributed by atoms with E-state index in [0.29, 0.717) is 54.7 Å². The molecule has 46 heavy (non-hydrogen) atoms. The van der Waals surface area contributed by atoms with Crippen LogP contribution >= 0.6 is 11.3 Å². The first kappa shape index (κ1) is 30.3. The van der Waals surface area contributed by atoms with Crippen molar-refractivity contribution in [3.05, 3.63) is 137 Å². The number of nitro benzene ring substituents is 1. The first-order valence-corrected chi connectivity index (χ1v) is 15.0. The molecule has 0 saturated carbocycles. The lowest BCUT2D eigenvalue weighted by atomic mass is 9.93. The van der Waals surface area contributed by atoms with Gasteiger partial charge in [0.1, 0.15) is 23.0 Å². The van der Waals surface area contributed by atoms with Crippen LogP contribution in [0.5, 0.6) is 11.5 Å². The van der Waals surface area contributed by atoms with Crippen molar-refractivity contribution in [2.75, 3.05) is 20.8 Å². The van der Waals surface area contributed by atoms with Crippen molar-refractivity contribution >= 4 is 34.8 Å². The largest absolute Gasteiger partial charge is 0.497 e. The lowest BCUT2D eigenvalue weighted by molar-refractivity contribution is -0.384. The van der Waals surface area contributed by atoms with Gasteiger partial charge in [-0.25, -0.2) is 9.79 Å². The van der Waals surface area contributed by atoms with Gasteiger partial charge < -0.3 is 18.6 Å². The summed E-state index contributed by atoms with van der Waals surface area (Å²) in [5.41, 5.74) is 1.89. The second-order valence-corrected chi connectivity index (χ2v) is 11.1. The number of carbonyl (C=O) groups is 1. The van der Waals surface area contributed by atoms with Gasteiger partial charge in [-0.1, -0.05) is 53.8 Å². The molecule has 2 aromatic heterocycles. The van der Waals surface area contributed by atoms with Gasteiger partial charge in [0.2, 0.25) is 0 Å². The van der Waals surface area contributed by atoms with Gasteiger partial charge in [0.05, 0.1) is 53.2 Å². The lowest BCUT2D eigenvalue weighted by Gasteiger charge is -2.26. The maximum atomic E-state index is 14.1. The molecule has 0 fully saturated rings. The monoisotopic (exact) mass is 637 g/mol. The highest BCUT2D eigenvalue weighted by Gasteiger charge is 2.35. The Labute approximate surface area is 266 Å². The molecule has 3 heterocycles. The number of furan rings is 1. The number of non-ortho nitro benzene ring substituents is 1. The summed E-state index contributed by atoms with van der Waals surface area (Å²) < 4.78 is 24.1. The highest BCUT2D eigenvalue weighted by molar-refractivity contribution is 7.07. The van der Waals surface area contributed by atoms with Crippen LogP contribution in [0.3, 0.4) is 0 Å². The number of hydrogen-bond donors (Lipinski definition) is 0. The molecular weight excluding hydrogens is 610 g/mol. The number of nitro groups is 1. The Morgan fingerprint density at radius 3 is 2.48 bits per heavy atom. The normalized spacial score (nSPS) is 14.4. The Morgan fingerprint density at radius 2 is 1.80 bits per heavy atom. The van der Waals surface area contributed by atoms with Crippen LogP contribution in [-0.4, -0.2) is 36.3 Å². The minimum atomic E-state index is -0.847. The summed E-state index contributed by atoms with van der Waals surface area (Å²) in [6, 6.07) is 23.1. The highest BCUT2D eigenvalue weighted by Crippen LogP contribution is 2.36. The molecule has 3 aromatic carbocycles. The van der Waals surface area contributed by atoms with Gasteiger partial charge >= 0.3 is 5.97 Å². The molecule has 0 unspecified atom stereocenters. The summed E-state index contributed by atoms with van der Waals surface area (Å²) in [4.78, 5) is 43.9. The highest BCUT2D eigenvalue weighted by atomic mass is 32.1. The lowest BCUT2D eigenvalue weighted by Crippen LogP contribution is -2.40. The molecule has 6 rings (SSSR count). The fourth-order valence-corrected chi connectivity index (χ4v) is 6.23. The molecule has 0 bridgehead atoms. The van der Waals surface area contributed by atoms with Crippen molar-refractivity contribution in [2.24, 2.45) is 4.99 Å². The predicted molar refractivity (Wildman–Crippen MR) is 171 cm³/mol. The molecule has 0 amide bonds. The Bertz CT molecular complexity index is 2160. The van der Waals surface area contributed by atoms with Crippen LogP contribution in [-0.2, 0) is 9.53 Å². The molecule has 1 atom stereocenters. The fourth-order valence-electron chi connectivity index (χ4n) is 5.25. The number of ether oxygens (including phenoxy) is 3. The van der Waals surface area contributed by atoms with Gasteiger partial charge in [-0.05, 0) is 42.8 Å². The van der Waals surface area contributed by atoms with Crippen molar-refractivity contribution in [1.29, 1.82) is 0 Å². The topological polar surface area (TPSA) is 135 Å². The number of rotatable bonds is 9. The Morgan fingerprint density at radius 1 is 1.04 bits per heavy atom. The van der Waals surface area contributed by atoms with Crippen LogP contribution in [0, 0.1) is 10.1 Å². The third-order valence-electron chi connectivity index (χ3n) is 7.36. The maximum Gasteiger partial charge on any atom is 0.338 e. The quantitative estimate of drug-likeness (QED) is 0.123. The molecule has 0 saturated heterocycles. The van der Waals surface area contributed by atoms with Crippen LogP contribution in [0.2, 0.25) is 0 Å². The zero-order valence-corrected chi connectivity index (χ0v) is 25.8. The fraction of sp³-hybridized carbons (Fsp3) is 0.147. The molecule has 1 aliphatic rings. The van der Waals surface area contributed by atoms with E-state index >= 15 is 0 Å². The van der Waals surface area contributed by atoms with E-state index in [9.17, 15) is 19.7 Å². The molecule has 0 aliphatic carbocycles. The second-order valence-electron chi connectivity index (χ2n) is 10.0. The van der Waals surface area contributed by atoms with Crippen molar-refractivity contribution in [3.63, 3.8) is 0 Å². The smallest absolute Gasteiger partial charge is 0.338 e. The van der Waals surface area contributed by atoms with E-state index < -0.39 is 16.9 Å². The SMILES string of the molecule is CCOC(=O)C1=C(c2ccccc2)N=c2s/c(=C\c3ccc(-c4cc([N+](=O)[O-])ccc4OC)o3)c(=O)n2[C@H]1c1ccc(OC)cc1. The number of nitrogens with zero attached hydrogens (tertiary/aromatic N) is 3. The molecule has 0 radical (unpaired) electrons. The molecule has 11 nitrogen and oxygen atoms in total. The van der Waals surface area contributed by atoms with E-state index in [4.69, 9.17) is 23.6 Å². The second kappa shape index (κ2) is 12.7. The summed E-state index contributed by atoms with van der Waals surface area (Å²) in [5, 5.41) is 11.4. The van der Waals surface area contributed by atoms with Gasteiger partial charge in [0.25, 0.3) is 11.2 Å². The minimum Gasteiger partial charge on any atom is -0.497 e. The zero-order valence-electron chi connectivity index (χ0n) is 25.0. The summed E-state index contributed by atoms with van der Waals surface area (Å²) in [5.74, 6) is 1.09. The third kappa shape index (κ3) is 5.61. The molecule has 1 aliphatic heterocycles. The first-order valence-electron chi connectivity index (χ1n) is 14.2. The molecule has 0 N–H and O–H groups in total. The van der Waals surface area contributed by atoms with Crippen molar-refractivity contribution < 1.29 is 28.3 Å². The number of carbonyl (C=O) groups excluding carboxylic acids is 1. The maximum absolute atomic E-state index is 14.1.